The SMILES string of the molecule is Cc1cccc(N2CCSCC2CCl)n1. The molecule has 0 aromatic carbocycles. The van der Waals surface area contributed by atoms with Crippen LogP contribution in [-0.4, -0.2) is 35.0 Å². The van der Waals surface area contributed by atoms with E-state index in [1.165, 1.54) is 5.75 Å². The first-order valence-electron chi connectivity index (χ1n) is 5.15. The van der Waals surface area contributed by atoms with E-state index in [2.05, 4.69) is 22.0 Å². The highest BCUT2D eigenvalue weighted by molar-refractivity contribution is 7.99. The van der Waals surface area contributed by atoms with E-state index in [-0.39, 0.29) is 0 Å². The van der Waals surface area contributed by atoms with Crippen LogP contribution in [0.4, 0.5) is 5.82 Å². The molecule has 1 unspecified atom stereocenters. The second kappa shape index (κ2) is 5.08. The average Bonchev–Trinajstić information content (AvgIpc) is 2.29. The molecule has 0 amide bonds. The molecule has 0 radical (unpaired) electrons. The molecule has 0 aliphatic carbocycles. The molecule has 1 aliphatic heterocycles. The van der Waals surface area contributed by atoms with E-state index in [1.54, 1.807) is 0 Å². The highest BCUT2D eigenvalue weighted by Gasteiger charge is 2.22. The van der Waals surface area contributed by atoms with Crippen LogP contribution in [0.25, 0.3) is 0 Å². The zero-order valence-corrected chi connectivity index (χ0v) is 10.4. The Balaban J connectivity index is 2.20. The van der Waals surface area contributed by atoms with Crippen molar-refractivity contribution in [3.8, 4) is 0 Å². The van der Waals surface area contributed by atoms with Crippen LogP contribution in [0, 0.1) is 6.92 Å². The summed E-state index contributed by atoms with van der Waals surface area (Å²) in [6.07, 6.45) is 0. The molecule has 82 valence electrons. The van der Waals surface area contributed by atoms with Crippen molar-refractivity contribution >= 4 is 29.2 Å². The van der Waals surface area contributed by atoms with Crippen molar-refractivity contribution in [2.45, 2.75) is 13.0 Å². The Bertz CT molecular complexity index is 332. The van der Waals surface area contributed by atoms with Crippen molar-refractivity contribution in [3.05, 3.63) is 23.9 Å². The first-order valence-corrected chi connectivity index (χ1v) is 6.84. The van der Waals surface area contributed by atoms with Gasteiger partial charge in [0.05, 0.1) is 6.04 Å². The molecule has 4 heteroatoms. The van der Waals surface area contributed by atoms with E-state index in [1.807, 2.05) is 24.8 Å². The maximum absolute atomic E-state index is 5.98. The molecule has 1 aromatic heterocycles. The fourth-order valence-corrected chi connectivity index (χ4v) is 3.24. The molecule has 1 atom stereocenters. The minimum Gasteiger partial charge on any atom is -0.351 e. The van der Waals surface area contributed by atoms with Gasteiger partial charge in [-0.3, -0.25) is 0 Å². The van der Waals surface area contributed by atoms with E-state index in [0.29, 0.717) is 11.9 Å². The topological polar surface area (TPSA) is 16.1 Å². The Labute approximate surface area is 100 Å². The van der Waals surface area contributed by atoms with Gasteiger partial charge in [0, 0.05) is 29.6 Å². The smallest absolute Gasteiger partial charge is 0.129 e. The third kappa shape index (κ3) is 2.58. The van der Waals surface area contributed by atoms with Gasteiger partial charge in [0.15, 0.2) is 0 Å². The predicted molar refractivity (Wildman–Crippen MR) is 68.2 cm³/mol. The molecule has 0 saturated carbocycles. The highest BCUT2D eigenvalue weighted by Crippen LogP contribution is 2.23. The van der Waals surface area contributed by atoms with Crippen molar-refractivity contribution in [3.63, 3.8) is 0 Å². The number of halogens is 1. The van der Waals surface area contributed by atoms with Crippen LogP contribution in [0.15, 0.2) is 18.2 Å². The summed E-state index contributed by atoms with van der Waals surface area (Å²) in [6, 6.07) is 6.59. The molecule has 15 heavy (non-hydrogen) atoms. The molecular formula is C11H15ClN2S. The molecule has 0 spiro atoms. The number of pyridine rings is 1. The number of aromatic nitrogens is 1. The maximum Gasteiger partial charge on any atom is 0.129 e. The zero-order valence-electron chi connectivity index (χ0n) is 8.82. The Morgan fingerprint density at radius 3 is 3.20 bits per heavy atom. The number of aryl methyl sites for hydroxylation is 1. The Morgan fingerprint density at radius 2 is 2.47 bits per heavy atom. The first-order chi connectivity index (χ1) is 7.31. The van der Waals surface area contributed by atoms with Crippen molar-refractivity contribution in [1.29, 1.82) is 0 Å². The molecule has 2 rings (SSSR count). The summed E-state index contributed by atoms with van der Waals surface area (Å²) in [6.45, 7) is 3.08. The molecule has 0 N–H and O–H groups in total. The van der Waals surface area contributed by atoms with Crippen LogP contribution in [-0.2, 0) is 0 Å². The van der Waals surface area contributed by atoms with Crippen molar-refractivity contribution in [2.24, 2.45) is 0 Å². The van der Waals surface area contributed by atoms with Gasteiger partial charge in [-0.15, -0.1) is 11.6 Å². The van der Waals surface area contributed by atoms with E-state index >= 15 is 0 Å². The molecule has 1 fully saturated rings. The lowest BCUT2D eigenvalue weighted by Crippen LogP contribution is -2.44. The third-order valence-electron chi connectivity index (χ3n) is 2.57. The van der Waals surface area contributed by atoms with Crippen molar-refractivity contribution in [1.82, 2.24) is 4.98 Å². The summed E-state index contributed by atoms with van der Waals surface area (Å²) in [5.41, 5.74) is 1.07. The number of alkyl halides is 1. The zero-order chi connectivity index (χ0) is 10.7. The maximum atomic E-state index is 5.98. The van der Waals surface area contributed by atoms with Gasteiger partial charge in [-0.2, -0.15) is 11.8 Å². The first kappa shape index (κ1) is 11.1. The monoisotopic (exact) mass is 242 g/mol. The molecule has 1 saturated heterocycles. The second-order valence-corrected chi connectivity index (χ2v) is 5.17. The molecule has 0 bridgehead atoms. The standard InChI is InChI=1S/C11H15ClN2S/c1-9-3-2-4-11(13-9)14-5-6-15-8-10(14)7-12/h2-4,10H,5-8H2,1H3. The lowest BCUT2D eigenvalue weighted by atomic mass is 10.3. The Hall–Kier alpha value is -0.410. The molecule has 1 aromatic rings. The van der Waals surface area contributed by atoms with Crippen LogP contribution in [0.5, 0.6) is 0 Å². The minimum absolute atomic E-state index is 0.430. The van der Waals surface area contributed by atoms with Gasteiger partial charge < -0.3 is 4.90 Å². The predicted octanol–water partition coefficient (Wildman–Crippen LogP) is 2.55. The fraction of sp³-hybridized carbons (Fsp3) is 0.545. The second-order valence-electron chi connectivity index (χ2n) is 3.71. The summed E-state index contributed by atoms with van der Waals surface area (Å²) in [4.78, 5) is 6.88. The van der Waals surface area contributed by atoms with Crippen LogP contribution in [0.3, 0.4) is 0 Å². The molecule has 1 aliphatic rings. The lowest BCUT2D eigenvalue weighted by Gasteiger charge is -2.35. The van der Waals surface area contributed by atoms with Gasteiger partial charge in [0.25, 0.3) is 0 Å². The van der Waals surface area contributed by atoms with Crippen LogP contribution in [0.1, 0.15) is 5.69 Å². The van der Waals surface area contributed by atoms with Gasteiger partial charge >= 0.3 is 0 Å². The van der Waals surface area contributed by atoms with Gasteiger partial charge in [0.1, 0.15) is 5.82 Å². The van der Waals surface area contributed by atoms with E-state index in [9.17, 15) is 0 Å². The van der Waals surface area contributed by atoms with E-state index in [0.717, 1.165) is 23.8 Å². The number of anilines is 1. The summed E-state index contributed by atoms with van der Waals surface area (Å²) in [5.74, 6) is 4.03. The van der Waals surface area contributed by atoms with Crippen LogP contribution < -0.4 is 4.90 Å². The molecule has 2 heterocycles. The Kier molecular flexibility index (Phi) is 3.76. The number of thioether (sulfide) groups is 1. The number of hydrogen-bond acceptors (Lipinski definition) is 3. The van der Waals surface area contributed by atoms with Crippen molar-refractivity contribution in [2.75, 3.05) is 28.8 Å². The summed E-state index contributed by atoms with van der Waals surface area (Å²) >= 11 is 7.96. The van der Waals surface area contributed by atoms with Gasteiger partial charge in [-0.05, 0) is 19.1 Å². The van der Waals surface area contributed by atoms with Gasteiger partial charge in [0.2, 0.25) is 0 Å². The summed E-state index contributed by atoms with van der Waals surface area (Å²) < 4.78 is 0. The molecule has 2 nitrogen and oxygen atoms in total. The fourth-order valence-electron chi connectivity index (χ4n) is 1.77. The highest BCUT2D eigenvalue weighted by atomic mass is 35.5. The quantitative estimate of drug-likeness (QED) is 0.742. The van der Waals surface area contributed by atoms with Gasteiger partial charge in [-0.25, -0.2) is 4.98 Å². The summed E-state index contributed by atoms with van der Waals surface area (Å²) in [7, 11) is 0. The largest absolute Gasteiger partial charge is 0.351 e. The van der Waals surface area contributed by atoms with Gasteiger partial charge in [-0.1, -0.05) is 6.07 Å². The van der Waals surface area contributed by atoms with E-state index < -0.39 is 0 Å². The average molecular weight is 243 g/mol. The third-order valence-corrected chi connectivity index (χ3v) is 4.02. The summed E-state index contributed by atoms with van der Waals surface area (Å²) in [5, 5.41) is 0. The normalized spacial score (nSPS) is 21.7. The van der Waals surface area contributed by atoms with Crippen LogP contribution >= 0.6 is 23.4 Å². The minimum atomic E-state index is 0.430. The van der Waals surface area contributed by atoms with E-state index in [4.69, 9.17) is 11.6 Å². The number of rotatable bonds is 2. The lowest BCUT2D eigenvalue weighted by molar-refractivity contribution is 0.693. The number of hydrogen-bond donors (Lipinski definition) is 0. The van der Waals surface area contributed by atoms with Crippen LogP contribution in [0.2, 0.25) is 0 Å². The molecular weight excluding hydrogens is 228 g/mol. The van der Waals surface area contributed by atoms with Crippen molar-refractivity contribution < 1.29 is 0 Å². The number of nitrogens with zero attached hydrogens (tertiary/aromatic N) is 2. The Morgan fingerprint density at radius 1 is 1.60 bits per heavy atom.